The molecular formula is C16H21N3O. The van der Waals surface area contributed by atoms with Gasteiger partial charge in [0.2, 0.25) is 5.88 Å². The normalized spacial score (nSPS) is 12.2. The van der Waals surface area contributed by atoms with Gasteiger partial charge in [0.15, 0.2) is 5.82 Å². The predicted molar refractivity (Wildman–Crippen MR) is 82.9 cm³/mol. The van der Waals surface area contributed by atoms with Crippen molar-refractivity contribution in [3.8, 4) is 5.88 Å². The van der Waals surface area contributed by atoms with E-state index in [1.54, 1.807) is 6.07 Å². The largest absolute Gasteiger partial charge is 0.475 e. The van der Waals surface area contributed by atoms with Crippen molar-refractivity contribution in [1.29, 1.82) is 0 Å². The van der Waals surface area contributed by atoms with Crippen molar-refractivity contribution in [3.63, 3.8) is 0 Å². The summed E-state index contributed by atoms with van der Waals surface area (Å²) in [5, 5.41) is 3.32. The lowest BCUT2D eigenvalue weighted by molar-refractivity contribution is 0.233. The molecule has 0 radical (unpaired) electrons. The van der Waals surface area contributed by atoms with Gasteiger partial charge in [0.05, 0.1) is 17.8 Å². The first-order valence-electron chi connectivity index (χ1n) is 6.81. The van der Waals surface area contributed by atoms with E-state index in [9.17, 15) is 0 Å². The zero-order valence-corrected chi connectivity index (χ0v) is 12.1. The third-order valence-corrected chi connectivity index (χ3v) is 2.91. The molecule has 1 aromatic heterocycles. The fraction of sp³-hybridized carbons (Fsp3) is 0.312. The number of hydrogen-bond donors (Lipinski definition) is 2. The van der Waals surface area contributed by atoms with Gasteiger partial charge < -0.3 is 15.8 Å². The van der Waals surface area contributed by atoms with Crippen molar-refractivity contribution in [2.24, 2.45) is 0 Å². The number of rotatable bonds is 5. The van der Waals surface area contributed by atoms with Crippen LogP contribution in [0.2, 0.25) is 0 Å². The summed E-state index contributed by atoms with van der Waals surface area (Å²) in [5.41, 5.74) is 7.76. The zero-order chi connectivity index (χ0) is 14.5. The lowest BCUT2D eigenvalue weighted by Gasteiger charge is -2.17. The zero-order valence-electron chi connectivity index (χ0n) is 12.1. The molecule has 2 rings (SSSR count). The molecule has 106 valence electrons. The van der Waals surface area contributed by atoms with Crippen molar-refractivity contribution in [3.05, 3.63) is 48.0 Å². The summed E-state index contributed by atoms with van der Waals surface area (Å²) in [6, 6.07) is 13.9. The molecular weight excluding hydrogens is 250 g/mol. The molecule has 0 saturated carbocycles. The van der Waals surface area contributed by atoms with Crippen LogP contribution in [0.3, 0.4) is 0 Å². The summed E-state index contributed by atoms with van der Waals surface area (Å²) in [4.78, 5) is 4.42. The molecule has 2 aromatic rings. The Labute approximate surface area is 120 Å². The number of pyridine rings is 1. The molecule has 0 spiro atoms. The third kappa shape index (κ3) is 3.63. The molecule has 4 heteroatoms. The topological polar surface area (TPSA) is 60.2 Å². The van der Waals surface area contributed by atoms with E-state index >= 15 is 0 Å². The van der Waals surface area contributed by atoms with E-state index in [1.807, 2.05) is 38.1 Å². The number of nitrogens with two attached hydrogens (primary N) is 1. The number of hydrogen-bond acceptors (Lipinski definition) is 4. The molecule has 1 heterocycles. The molecule has 1 unspecified atom stereocenters. The van der Waals surface area contributed by atoms with Crippen LogP contribution in [0, 0.1) is 0 Å². The Morgan fingerprint density at radius 1 is 1.05 bits per heavy atom. The smallest absolute Gasteiger partial charge is 0.215 e. The highest BCUT2D eigenvalue weighted by molar-refractivity contribution is 5.62. The second-order valence-corrected chi connectivity index (χ2v) is 5.03. The Kier molecular flexibility index (Phi) is 4.45. The lowest BCUT2D eigenvalue weighted by atomic mass is 10.1. The number of nitrogen functional groups attached to an aromatic ring is 1. The van der Waals surface area contributed by atoms with E-state index in [-0.39, 0.29) is 12.1 Å². The van der Waals surface area contributed by atoms with E-state index in [0.29, 0.717) is 17.4 Å². The number of nitrogens with zero attached hydrogens (tertiary/aromatic N) is 1. The molecule has 4 nitrogen and oxygen atoms in total. The summed E-state index contributed by atoms with van der Waals surface area (Å²) >= 11 is 0. The minimum atomic E-state index is 0.0884. The quantitative estimate of drug-likeness (QED) is 0.872. The monoisotopic (exact) mass is 271 g/mol. The Morgan fingerprint density at radius 2 is 1.75 bits per heavy atom. The number of anilines is 2. The Hall–Kier alpha value is -2.23. The second-order valence-electron chi connectivity index (χ2n) is 5.03. The van der Waals surface area contributed by atoms with Crippen molar-refractivity contribution >= 4 is 11.5 Å². The summed E-state index contributed by atoms with van der Waals surface area (Å²) in [5.74, 6) is 1.23. The van der Waals surface area contributed by atoms with Gasteiger partial charge in [-0.25, -0.2) is 0 Å². The van der Waals surface area contributed by atoms with Crippen molar-refractivity contribution in [2.45, 2.75) is 32.9 Å². The average molecular weight is 271 g/mol. The molecule has 0 aliphatic carbocycles. The first kappa shape index (κ1) is 14.2. The van der Waals surface area contributed by atoms with Gasteiger partial charge >= 0.3 is 0 Å². The highest BCUT2D eigenvalue weighted by atomic mass is 16.5. The van der Waals surface area contributed by atoms with Crippen LogP contribution in [-0.4, -0.2) is 11.1 Å². The van der Waals surface area contributed by atoms with Crippen LogP contribution in [-0.2, 0) is 0 Å². The number of ether oxygens (including phenoxy) is 1. The first-order valence-corrected chi connectivity index (χ1v) is 6.81. The van der Waals surface area contributed by atoms with Crippen molar-refractivity contribution in [2.75, 3.05) is 11.1 Å². The van der Waals surface area contributed by atoms with Gasteiger partial charge in [0.25, 0.3) is 0 Å². The van der Waals surface area contributed by atoms with Crippen LogP contribution in [0.15, 0.2) is 42.5 Å². The van der Waals surface area contributed by atoms with Crippen LogP contribution in [0.1, 0.15) is 32.4 Å². The van der Waals surface area contributed by atoms with Gasteiger partial charge in [-0.05, 0) is 32.4 Å². The Balaban J connectivity index is 2.16. The molecule has 1 atom stereocenters. The second kappa shape index (κ2) is 6.28. The van der Waals surface area contributed by atoms with Crippen molar-refractivity contribution < 1.29 is 4.74 Å². The van der Waals surface area contributed by atoms with Gasteiger partial charge in [0, 0.05) is 6.07 Å². The molecule has 0 aliphatic heterocycles. The van der Waals surface area contributed by atoms with Crippen LogP contribution in [0.25, 0.3) is 0 Å². The molecule has 0 bridgehead atoms. The van der Waals surface area contributed by atoms with E-state index in [1.165, 1.54) is 5.56 Å². The van der Waals surface area contributed by atoms with Crippen LogP contribution in [0.4, 0.5) is 11.5 Å². The van der Waals surface area contributed by atoms with Crippen molar-refractivity contribution in [1.82, 2.24) is 4.98 Å². The van der Waals surface area contributed by atoms with Crippen LogP contribution < -0.4 is 15.8 Å². The third-order valence-electron chi connectivity index (χ3n) is 2.91. The van der Waals surface area contributed by atoms with Gasteiger partial charge in [-0.2, -0.15) is 4.98 Å². The first-order chi connectivity index (χ1) is 9.56. The van der Waals surface area contributed by atoms with Gasteiger partial charge in [-0.15, -0.1) is 0 Å². The summed E-state index contributed by atoms with van der Waals surface area (Å²) in [6.07, 6.45) is 0.0884. The average Bonchev–Trinajstić information content (AvgIpc) is 2.43. The number of nitrogens with one attached hydrogen (secondary N) is 1. The molecule has 20 heavy (non-hydrogen) atoms. The minimum absolute atomic E-state index is 0.0884. The van der Waals surface area contributed by atoms with Gasteiger partial charge in [0.1, 0.15) is 0 Å². The predicted octanol–water partition coefficient (Wildman–Crippen LogP) is 3.62. The maximum Gasteiger partial charge on any atom is 0.215 e. The standard InChI is InChI=1S/C16H21N3O/c1-11(2)20-15-10-9-14(17)16(19-15)18-12(3)13-7-5-4-6-8-13/h4-12H,17H2,1-3H3,(H,18,19). The molecule has 0 aliphatic rings. The number of benzene rings is 1. The summed E-state index contributed by atoms with van der Waals surface area (Å²) in [6.45, 7) is 6.02. The summed E-state index contributed by atoms with van der Waals surface area (Å²) in [7, 11) is 0. The molecule has 3 N–H and O–H groups in total. The Bertz CT molecular complexity index is 555. The van der Waals surface area contributed by atoms with Crippen LogP contribution in [0.5, 0.6) is 5.88 Å². The Morgan fingerprint density at radius 3 is 2.40 bits per heavy atom. The minimum Gasteiger partial charge on any atom is -0.475 e. The van der Waals surface area contributed by atoms with E-state index in [4.69, 9.17) is 10.5 Å². The fourth-order valence-electron chi connectivity index (χ4n) is 1.90. The fourth-order valence-corrected chi connectivity index (χ4v) is 1.90. The highest BCUT2D eigenvalue weighted by Gasteiger charge is 2.10. The highest BCUT2D eigenvalue weighted by Crippen LogP contribution is 2.25. The molecule has 0 saturated heterocycles. The maximum absolute atomic E-state index is 5.97. The molecule has 0 amide bonds. The van der Waals surface area contributed by atoms with Gasteiger partial charge in [-0.3, -0.25) is 0 Å². The summed E-state index contributed by atoms with van der Waals surface area (Å²) < 4.78 is 5.59. The van der Waals surface area contributed by atoms with Gasteiger partial charge in [-0.1, -0.05) is 30.3 Å². The lowest BCUT2D eigenvalue weighted by Crippen LogP contribution is -2.12. The SMILES string of the molecule is CC(C)Oc1ccc(N)c(NC(C)c2ccccc2)n1. The van der Waals surface area contributed by atoms with E-state index in [0.717, 1.165) is 0 Å². The molecule has 1 aromatic carbocycles. The number of aromatic nitrogens is 1. The molecule has 0 fully saturated rings. The maximum atomic E-state index is 5.97. The van der Waals surface area contributed by atoms with Crippen LogP contribution >= 0.6 is 0 Å². The van der Waals surface area contributed by atoms with E-state index < -0.39 is 0 Å². The van der Waals surface area contributed by atoms with E-state index in [2.05, 4.69) is 29.4 Å².